The van der Waals surface area contributed by atoms with E-state index in [9.17, 15) is 9.90 Å². The Bertz CT molecular complexity index is 417. The van der Waals surface area contributed by atoms with Crippen LogP contribution in [0.1, 0.15) is 63.9 Å². The van der Waals surface area contributed by atoms with Crippen LogP contribution in [0.3, 0.4) is 0 Å². The second-order valence-electron chi connectivity index (χ2n) is 5.42. The number of hydrogen-bond donors (Lipinski definition) is 1. The standard InChI is InChI=1S/C17H25ClO2/c1-3-5-6-9-13(8-4-2)16(17(19)20)14-10-7-11-15(18)12-14/h7,10-13,16H,3-6,8-9H2,1-2H3,(H,19,20). The summed E-state index contributed by atoms with van der Waals surface area (Å²) in [6.45, 7) is 4.28. The average Bonchev–Trinajstić information content (AvgIpc) is 2.39. The highest BCUT2D eigenvalue weighted by Gasteiger charge is 2.28. The maximum absolute atomic E-state index is 11.7. The Morgan fingerprint density at radius 1 is 1.20 bits per heavy atom. The Labute approximate surface area is 127 Å². The van der Waals surface area contributed by atoms with Gasteiger partial charge >= 0.3 is 5.97 Å². The first kappa shape index (κ1) is 17.0. The minimum absolute atomic E-state index is 0.197. The van der Waals surface area contributed by atoms with Gasteiger partial charge in [0, 0.05) is 5.02 Å². The van der Waals surface area contributed by atoms with Crippen LogP contribution in [0.15, 0.2) is 24.3 Å². The quantitative estimate of drug-likeness (QED) is 0.610. The zero-order chi connectivity index (χ0) is 15.0. The van der Waals surface area contributed by atoms with Crippen molar-refractivity contribution in [2.24, 2.45) is 5.92 Å². The Kier molecular flexibility index (Phi) is 7.68. The predicted octanol–water partition coefficient (Wildman–Crippen LogP) is 5.50. The first-order valence-corrected chi connectivity index (χ1v) is 7.96. The lowest BCUT2D eigenvalue weighted by atomic mass is 9.80. The molecule has 2 unspecified atom stereocenters. The molecule has 0 aliphatic heterocycles. The van der Waals surface area contributed by atoms with E-state index < -0.39 is 11.9 Å². The summed E-state index contributed by atoms with van der Waals surface area (Å²) in [5, 5.41) is 10.2. The summed E-state index contributed by atoms with van der Waals surface area (Å²) in [4.78, 5) is 11.7. The molecule has 0 saturated carbocycles. The smallest absolute Gasteiger partial charge is 0.311 e. The Morgan fingerprint density at radius 3 is 2.50 bits per heavy atom. The fourth-order valence-electron chi connectivity index (χ4n) is 2.82. The highest BCUT2D eigenvalue weighted by Crippen LogP contribution is 2.33. The number of benzene rings is 1. The van der Waals surface area contributed by atoms with Gasteiger partial charge in [-0.25, -0.2) is 0 Å². The van der Waals surface area contributed by atoms with Crippen LogP contribution >= 0.6 is 11.6 Å². The molecule has 3 heteroatoms. The van der Waals surface area contributed by atoms with Gasteiger partial charge in [-0.05, 0) is 36.5 Å². The zero-order valence-electron chi connectivity index (χ0n) is 12.4. The molecule has 1 N–H and O–H groups in total. The lowest BCUT2D eigenvalue weighted by Gasteiger charge is -2.24. The molecule has 0 aliphatic carbocycles. The minimum atomic E-state index is -0.734. The molecule has 2 nitrogen and oxygen atoms in total. The Balaban J connectivity index is 2.92. The highest BCUT2D eigenvalue weighted by molar-refractivity contribution is 6.30. The van der Waals surface area contributed by atoms with E-state index in [0.29, 0.717) is 5.02 Å². The molecular formula is C17H25ClO2. The molecule has 0 aliphatic rings. The lowest BCUT2D eigenvalue weighted by molar-refractivity contribution is -0.140. The van der Waals surface area contributed by atoms with E-state index in [1.165, 1.54) is 6.42 Å². The van der Waals surface area contributed by atoms with Crippen LogP contribution in [0, 0.1) is 5.92 Å². The number of carboxylic acid groups (broad SMARTS) is 1. The molecular weight excluding hydrogens is 272 g/mol. The first-order valence-electron chi connectivity index (χ1n) is 7.58. The van der Waals surface area contributed by atoms with Crippen LogP contribution < -0.4 is 0 Å². The summed E-state index contributed by atoms with van der Waals surface area (Å²) in [5.41, 5.74) is 0.833. The molecule has 0 saturated heterocycles. The third-order valence-electron chi connectivity index (χ3n) is 3.78. The summed E-state index contributed by atoms with van der Waals surface area (Å²) in [6, 6.07) is 7.30. The van der Waals surface area contributed by atoms with Crippen molar-refractivity contribution in [1.82, 2.24) is 0 Å². The highest BCUT2D eigenvalue weighted by atomic mass is 35.5. The van der Waals surface area contributed by atoms with Crippen LogP contribution in [0.25, 0.3) is 0 Å². The summed E-state index contributed by atoms with van der Waals surface area (Å²) < 4.78 is 0. The van der Waals surface area contributed by atoms with Crippen molar-refractivity contribution < 1.29 is 9.90 Å². The van der Waals surface area contributed by atoms with Crippen LogP contribution in [-0.2, 0) is 4.79 Å². The Hall–Kier alpha value is -1.02. The summed E-state index contributed by atoms with van der Waals surface area (Å²) in [6.07, 6.45) is 6.38. The van der Waals surface area contributed by atoms with Gasteiger partial charge in [0.05, 0.1) is 5.92 Å². The lowest BCUT2D eigenvalue weighted by Crippen LogP contribution is -2.22. The molecule has 0 heterocycles. The van der Waals surface area contributed by atoms with Crippen LogP contribution in [-0.4, -0.2) is 11.1 Å². The monoisotopic (exact) mass is 296 g/mol. The van der Waals surface area contributed by atoms with Crippen LogP contribution in [0.5, 0.6) is 0 Å². The van der Waals surface area contributed by atoms with Gasteiger partial charge in [-0.1, -0.05) is 63.3 Å². The van der Waals surface area contributed by atoms with Crippen molar-refractivity contribution >= 4 is 17.6 Å². The molecule has 0 aromatic heterocycles. The van der Waals surface area contributed by atoms with Gasteiger partial charge in [-0.2, -0.15) is 0 Å². The molecule has 0 radical (unpaired) electrons. The third-order valence-corrected chi connectivity index (χ3v) is 4.02. The second-order valence-corrected chi connectivity index (χ2v) is 5.85. The van der Waals surface area contributed by atoms with Crippen molar-refractivity contribution in [2.75, 3.05) is 0 Å². The van der Waals surface area contributed by atoms with Crippen molar-refractivity contribution in [3.63, 3.8) is 0 Å². The van der Waals surface area contributed by atoms with Gasteiger partial charge in [0.2, 0.25) is 0 Å². The number of hydrogen-bond acceptors (Lipinski definition) is 1. The number of unbranched alkanes of at least 4 members (excludes halogenated alkanes) is 2. The average molecular weight is 297 g/mol. The second kappa shape index (κ2) is 9.02. The molecule has 112 valence electrons. The van der Waals surface area contributed by atoms with Crippen molar-refractivity contribution in [2.45, 2.75) is 58.3 Å². The molecule has 1 rings (SSSR count). The fourth-order valence-corrected chi connectivity index (χ4v) is 3.02. The van der Waals surface area contributed by atoms with Crippen molar-refractivity contribution in [1.29, 1.82) is 0 Å². The van der Waals surface area contributed by atoms with Crippen LogP contribution in [0.4, 0.5) is 0 Å². The number of carbonyl (C=O) groups is 1. The maximum atomic E-state index is 11.7. The van der Waals surface area contributed by atoms with Gasteiger partial charge in [0.25, 0.3) is 0 Å². The van der Waals surface area contributed by atoms with Gasteiger partial charge in [-0.3, -0.25) is 4.79 Å². The van der Waals surface area contributed by atoms with E-state index in [1.54, 1.807) is 12.1 Å². The molecule has 0 spiro atoms. The number of halogens is 1. The first-order chi connectivity index (χ1) is 9.60. The summed E-state index contributed by atoms with van der Waals surface area (Å²) >= 11 is 6.01. The fraction of sp³-hybridized carbons (Fsp3) is 0.588. The number of rotatable bonds is 9. The Morgan fingerprint density at radius 2 is 1.95 bits per heavy atom. The van der Waals surface area contributed by atoms with Gasteiger partial charge in [-0.15, -0.1) is 0 Å². The molecule has 1 aromatic rings. The van der Waals surface area contributed by atoms with E-state index >= 15 is 0 Å². The van der Waals surface area contributed by atoms with E-state index in [-0.39, 0.29) is 5.92 Å². The van der Waals surface area contributed by atoms with Gasteiger partial charge in [0.15, 0.2) is 0 Å². The summed E-state index contributed by atoms with van der Waals surface area (Å²) in [5.74, 6) is -0.977. The summed E-state index contributed by atoms with van der Waals surface area (Å²) in [7, 11) is 0. The molecule has 20 heavy (non-hydrogen) atoms. The molecule has 1 aromatic carbocycles. The van der Waals surface area contributed by atoms with Crippen molar-refractivity contribution in [3.05, 3.63) is 34.9 Å². The number of aliphatic carboxylic acids is 1. The third kappa shape index (κ3) is 5.16. The van der Waals surface area contributed by atoms with Crippen LogP contribution in [0.2, 0.25) is 5.02 Å². The molecule has 0 amide bonds. The van der Waals surface area contributed by atoms with E-state index in [1.807, 2.05) is 12.1 Å². The maximum Gasteiger partial charge on any atom is 0.311 e. The van der Waals surface area contributed by atoms with Crippen molar-refractivity contribution in [3.8, 4) is 0 Å². The number of carboxylic acids is 1. The minimum Gasteiger partial charge on any atom is -0.481 e. The molecule has 2 atom stereocenters. The molecule has 0 bridgehead atoms. The van der Waals surface area contributed by atoms with E-state index in [4.69, 9.17) is 11.6 Å². The van der Waals surface area contributed by atoms with E-state index in [0.717, 1.165) is 37.7 Å². The van der Waals surface area contributed by atoms with Gasteiger partial charge in [0.1, 0.15) is 0 Å². The van der Waals surface area contributed by atoms with E-state index in [2.05, 4.69) is 13.8 Å². The largest absolute Gasteiger partial charge is 0.481 e. The molecule has 0 fully saturated rings. The normalized spacial score (nSPS) is 13.9. The predicted molar refractivity (Wildman–Crippen MR) is 84.4 cm³/mol. The SMILES string of the molecule is CCCCCC(CCC)C(C(=O)O)c1cccc(Cl)c1. The van der Waals surface area contributed by atoms with Gasteiger partial charge < -0.3 is 5.11 Å². The zero-order valence-corrected chi connectivity index (χ0v) is 13.2. The topological polar surface area (TPSA) is 37.3 Å².